The molecule has 0 aliphatic heterocycles. The minimum Gasteiger partial charge on any atom is -0.366 e. The van der Waals surface area contributed by atoms with Crippen LogP contribution in [0.25, 0.3) is 0 Å². The van der Waals surface area contributed by atoms with Crippen molar-refractivity contribution in [2.75, 3.05) is 0 Å². The zero-order valence-electron chi connectivity index (χ0n) is 7.65. The van der Waals surface area contributed by atoms with E-state index in [1.807, 2.05) is 0 Å². The highest BCUT2D eigenvalue weighted by Crippen LogP contribution is 2.35. The molecular weight excluding hydrogens is 275 g/mol. The molecule has 6 heteroatoms. The van der Waals surface area contributed by atoms with Gasteiger partial charge in [-0.2, -0.15) is 13.2 Å². The maximum atomic E-state index is 12.5. The monoisotopic (exact) mass is 281 g/mol. The van der Waals surface area contributed by atoms with Crippen LogP contribution in [-0.2, 0) is 6.18 Å². The van der Waals surface area contributed by atoms with Crippen LogP contribution in [0.5, 0.6) is 0 Å². The first-order valence-electron chi connectivity index (χ1n) is 3.90. The fraction of sp³-hybridized carbons (Fsp3) is 0.222. The van der Waals surface area contributed by atoms with Gasteiger partial charge in [0.1, 0.15) is 0 Å². The average molecular weight is 282 g/mol. The number of rotatable bonds is 1. The van der Waals surface area contributed by atoms with E-state index in [1.165, 1.54) is 13.0 Å². The van der Waals surface area contributed by atoms with E-state index < -0.39 is 17.6 Å². The zero-order valence-corrected chi connectivity index (χ0v) is 9.24. The second-order valence-electron chi connectivity index (χ2n) is 2.99. The van der Waals surface area contributed by atoms with Crippen LogP contribution in [-0.4, -0.2) is 5.91 Å². The molecule has 0 fully saturated rings. The van der Waals surface area contributed by atoms with E-state index in [9.17, 15) is 18.0 Å². The van der Waals surface area contributed by atoms with Crippen molar-refractivity contribution in [1.82, 2.24) is 0 Å². The first-order valence-corrected chi connectivity index (χ1v) is 4.70. The molecule has 0 spiro atoms. The number of carbonyl (C=O) groups is 1. The molecule has 15 heavy (non-hydrogen) atoms. The molecule has 0 saturated heterocycles. The molecule has 1 amide bonds. The van der Waals surface area contributed by atoms with Gasteiger partial charge in [-0.25, -0.2) is 0 Å². The number of carbonyl (C=O) groups excluding carboxylic acids is 1. The standard InChI is InChI=1S/C9H7BrF3NO/c1-4-6(8(14)15)2-5(10)3-7(4)9(11,12)13/h2-3H,1H3,(H2,14,15). The summed E-state index contributed by atoms with van der Waals surface area (Å²) in [6.45, 7) is 1.22. The van der Waals surface area contributed by atoms with E-state index in [0.29, 0.717) is 0 Å². The van der Waals surface area contributed by atoms with E-state index in [1.54, 1.807) is 0 Å². The molecule has 0 aromatic heterocycles. The average Bonchev–Trinajstić information content (AvgIpc) is 2.06. The second-order valence-corrected chi connectivity index (χ2v) is 3.90. The summed E-state index contributed by atoms with van der Waals surface area (Å²) in [5.41, 5.74) is 3.83. The highest BCUT2D eigenvalue weighted by molar-refractivity contribution is 9.10. The number of alkyl halides is 3. The van der Waals surface area contributed by atoms with E-state index in [4.69, 9.17) is 5.73 Å². The predicted octanol–water partition coefficient (Wildman–Crippen LogP) is 2.88. The zero-order chi connectivity index (χ0) is 11.8. The molecule has 0 heterocycles. The van der Waals surface area contributed by atoms with Crippen molar-refractivity contribution < 1.29 is 18.0 Å². The van der Waals surface area contributed by atoms with Crippen molar-refractivity contribution >= 4 is 21.8 Å². The number of primary amides is 1. The lowest BCUT2D eigenvalue weighted by Crippen LogP contribution is -2.16. The van der Waals surface area contributed by atoms with Crippen LogP contribution in [0.3, 0.4) is 0 Å². The number of halogens is 4. The van der Waals surface area contributed by atoms with Crippen molar-refractivity contribution in [3.05, 3.63) is 33.3 Å². The number of hydrogen-bond acceptors (Lipinski definition) is 1. The molecule has 0 atom stereocenters. The second kappa shape index (κ2) is 3.84. The lowest BCUT2D eigenvalue weighted by molar-refractivity contribution is -0.138. The van der Waals surface area contributed by atoms with Crippen molar-refractivity contribution in [3.63, 3.8) is 0 Å². The largest absolute Gasteiger partial charge is 0.416 e. The molecule has 0 unspecified atom stereocenters. The molecule has 0 aliphatic carbocycles. The summed E-state index contributed by atoms with van der Waals surface area (Å²) in [6.07, 6.45) is -4.49. The maximum Gasteiger partial charge on any atom is 0.416 e. The van der Waals surface area contributed by atoms with Crippen molar-refractivity contribution in [2.45, 2.75) is 13.1 Å². The number of amides is 1. The SMILES string of the molecule is Cc1c(C(N)=O)cc(Br)cc1C(F)(F)F. The highest BCUT2D eigenvalue weighted by Gasteiger charge is 2.34. The molecular formula is C9H7BrF3NO. The number of benzene rings is 1. The van der Waals surface area contributed by atoms with Gasteiger partial charge in [0.05, 0.1) is 5.56 Å². The van der Waals surface area contributed by atoms with Gasteiger partial charge in [0, 0.05) is 10.0 Å². The Bertz CT molecular complexity index is 415. The van der Waals surface area contributed by atoms with E-state index in [0.717, 1.165) is 6.07 Å². The minimum atomic E-state index is -4.49. The number of nitrogens with two attached hydrogens (primary N) is 1. The Labute approximate surface area is 92.4 Å². The molecule has 1 aromatic carbocycles. The van der Waals surface area contributed by atoms with Gasteiger partial charge < -0.3 is 5.73 Å². The Morgan fingerprint density at radius 3 is 2.33 bits per heavy atom. The lowest BCUT2D eigenvalue weighted by atomic mass is 10.0. The van der Waals surface area contributed by atoms with Crippen LogP contribution in [0.2, 0.25) is 0 Å². The lowest BCUT2D eigenvalue weighted by Gasteiger charge is -2.13. The molecule has 82 valence electrons. The van der Waals surface area contributed by atoms with Gasteiger partial charge in [0.2, 0.25) is 5.91 Å². The van der Waals surface area contributed by atoms with Gasteiger partial charge in [-0.1, -0.05) is 15.9 Å². The Kier molecular flexibility index (Phi) is 3.08. The summed E-state index contributed by atoms with van der Waals surface area (Å²) in [7, 11) is 0. The third-order valence-corrected chi connectivity index (χ3v) is 2.40. The van der Waals surface area contributed by atoms with Gasteiger partial charge >= 0.3 is 6.18 Å². The fourth-order valence-electron chi connectivity index (χ4n) is 1.23. The third kappa shape index (κ3) is 2.50. The Morgan fingerprint density at radius 1 is 1.40 bits per heavy atom. The van der Waals surface area contributed by atoms with E-state index in [-0.39, 0.29) is 15.6 Å². The minimum absolute atomic E-state index is 0.128. The Morgan fingerprint density at radius 2 is 1.93 bits per heavy atom. The topological polar surface area (TPSA) is 43.1 Å². The summed E-state index contributed by atoms with van der Waals surface area (Å²) in [6, 6.07) is 2.19. The van der Waals surface area contributed by atoms with Crippen LogP contribution in [0.1, 0.15) is 21.5 Å². The molecule has 2 nitrogen and oxygen atoms in total. The van der Waals surface area contributed by atoms with Crippen LogP contribution in [0.4, 0.5) is 13.2 Å². The highest BCUT2D eigenvalue weighted by atomic mass is 79.9. The molecule has 1 rings (SSSR count). The summed E-state index contributed by atoms with van der Waals surface area (Å²) >= 11 is 2.90. The quantitative estimate of drug-likeness (QED) is 0.845. The van der Waals surface area contributed by atoms with Crippen LogP contribution in [0, 0.1) is 6.92 Å². The molecule has 0 aliphatic rings. The number of hydrogen-bond donors (Lipinski definition) is 1. The first kappa shape index (κ1) is 12.0. The first-order chi connectivity index (χ1) is 6.73. The maximum absolute atomic E-state index is 12.5. The molecule has 0 saturated carbocycles. The van der Waals surface area contributed by atoms with Crippen LogP contribution >= 0.6 is 15.9 Å². The van der Waals surface area contributed by atoms with Crippen LogP contribution in [0.15, 0.2) is 16.6 Å². The smallest absolute Gasteiger partial charge is 0.366 e. The predicted molar refractivity (Wildman–Crippen MR) is 52.4 cm³/mol. The van der Waals surface area contributed by atoms with Crippen LogP contribution < -0.4 is 5.73 Å². The molecule has 1 aromatic rings. The molecule has 0 radical (unpaired) electrons. The van der Waals surface area contributed by atoms with Crippen molar-refractivity contribution in [1.29, 1.82) is 0 Å². The Balaban J connectivity index is 3.49. The van der Waals surface area contributed by atoms with Gasteiger partial charge in [-0.05, 0) is 24.6 Å². The molecule has 0 bridgehead atoms. The van der Waals surface area contributed by atoms with Gasteiger partial charge in [-0.15, -0.1) is 0 Å². The summed E-state index contributed by atoms with van der Waals surface area (Å²) < 4.78 is 37.7. The fourth-order valence-corrected chi connectivity index (χ4v) is 1.69. The summed E-state index contributed by atoms with van der Waals surface area (Å²) in [4.78, 5) is 10.9. The third-order valence-electron chi connectivity index (χ3n) is 1.94. The molecule has 2 N–H and O–H groups in total. The van der Waals surface area contributed by atoms with Gasteiger partial charge in [-0.3, -0.25) is 4.79 Å². The summed E-state index contributed by atoms with van der Waals surface area (Å²) in [5, 5.41) is 0. The van der Waals surface area contributed by atoms with Crippen molar-refractivity contribution in [2.24, 2.45) is 5.73 Å². The van der Waals surface area contributed by atoms with Crippen molar-refractivity contribution in [3.8, 4) is 0 Å². The van der Waals surface area contributed by atoms with Gasteiger partial charge in [0.15, 0.2) is 0 Å². The summed E-state index contributed by atoms with van der Waals surface area (Å²) in [5.74, 6) is -0.876. The van der Waals surface area contributed by atoms with Gasteiger partial charge in [0.25, 0.3) is 0 Å². The Hall–Kier alpha value is -1.04. The van der Waals surface area contributed by atoms with E-state index >= 15 is 0 Å². The normalized spacial score (nSPS) is 11.5. The van der Waals surface area contributed by atoms with E-state index in [2.05, 4.69) is 15.9 Å².